The molecular weight excluding hydrogens is 554 g/mol. The van der Waals surface area contributed by atoms with Crippen LogP contribution in [-0.4, -0.2) is 45.8 Å². The van der Waals surface area contributed by atoms with Crippen LogP contribution in [0.25, 0.3) is 5.65 Å². The van der Waals surface area contributed by atoms with Crippen LogP contribution in [0.4, 0.5) is 32.2 Å². The molecule has 0 saturated carbocycles. The van der Waals surface area contributed by atoms with Crippen LogP contribution < -0.4 is 15.8 Å². The van der Waals surface area contributed by atoms with Gasteiger partial charge in [-0.2, -0.15) is 26.3 Å². The minimum atomic E-state index is -5.19. The number of allylic oxidation sites excluding steroid dienone is 2. The lowest BCUT2D eigenvalue weighted by Crippen LogP contribution is -2.44. The van der Waals surface area contributed by atoms with E-state index in [1.807, 2.05) is 0 Å². The van der Waals surface area contributed by atoms with Crippen LogP contribution in [0.3, 0.4) is 0 Å². The smallest absolute Gasteiger partial charge is 0.417 e. The molecule has 0 aromatic carbocycles. The lowest BCUT2D eigenvalue weighted by Gasteiger charge is -2.37. The lowest BCUT2D eigenvalue weighted by molar-refractivity contribution is -0.160. The minimum absolute atomic E-state index is 0.00102. The quantitative estimate of drug-likeness (QED) is 0.460. The number of nitrogens with zero attached hydrogens (tertiary/aromatic N) is 3. The summed E-state index contributed by atoms with van der Waals surface area (Å²) in [5.74, 6) is -1.49. The molecule has 2 N–H and O–H groups in total. The first kappa shape index (κ1) is 28.9. The summed E-state index contributed by atoms with van der Waals surface area (Å²) in [7, 11) is 0. The van der Waals surface area contributed by atoms with E-state index < -0.39 is 58.3 Å². The first-order valence-electron chi connectivity index (χ1n) is 12.0. The Morgan fingerprint density at radius 2 is 1.82 bits per heavy atom. The number of hydrogen-bond acceptors (Lipinski definition) is 5. The van der Waals surface area contributed by atoms with Crippen molar-refractivity contribution in [1.29, 1.82) is 0 Å². The second-order valence-corrected chi connectivity index (χ2v) is 10.8. The fraction of sp³-hybridized carbons (Fsp3) is 0.480. The molecule has 0 amide bonds. The molecule has 14 heteroatoms. The van der Waals surface area contributed by atoms with Crippen molar-refractivity contribution in [2.24, 2.45) is 5.41 Å². The van der Waals surface area contributed by atoms with Crippen LogP contribution in [0, 0.1) is 5.41 Å². The summed E-state index contributed by atoms with van der Waals surface area (Å²) in [5, 5.41) is 11.7. The molecule has 1 saturated heterocycles. The van der Waals surface area contributed by atoms with Gasteiger partial charge in [0.15, 0.2) is 0 Å². The number of carboxylic acids is 1. The summed E-state index contributed by atoms with van der Waals surface area (Å²) >= 11 is 5.83. The van der Waals surface area contributed by atoms with Crippen molar-refractivity contribution in [3.63, 3.8) is 0 Å². The minimum Gasteiger partial charge on any atom is -0.478 e. The largest absolute Gasteiger partial charge is 0.478 e. The Labute approximate surface area is 223 Å². The van der Waals surface area contributed by atoms with Gasteiger partial charge in [0.1, 0.15) is 17.5 Å². The van der Waals surface area contributed by atoms with Crippen LogP contribution in [0.1, 0.15) is 50.3 Å². The van der Waals surface area contributed by atoms with Gasteiger partial charge in [-0.1, -0.05) is 31.5 Å². The van der Waals surface area contributed by atoms with Crippen LogP contribution in [0.5, 0.6) is 0 Å². The number of nitrogens with one attached hydrogen (secondary N) is 1. The van der Waals surface area contributed by atoms with Gasteiger partial charge in [0.05, 0.1) is 11.1 Å². The normalized spacial score (nSPS) is 20.9. The lowest BCUT2D eigenvalue weighted by atomic mass is 9.83. The zero-order valence-electron chi connectivity index (χ0n) is 20.8. The highest BCUT2D eigenvalue weighted by atomic mass is 35.5. The third-order valence-corrected chi connectivity index (χ3v) is 7.28. The number of piperidine rings is 1. The first-order chi connectivity index (χ1) is 18.0. The van der Waals surface area contributed by atoms with Crippen molar-refractivity contribution >= 4 is 29.0 Å². The number of rotatable bonds is 5. The molecule has 7 nitrogen and oxygen atoms in total. The highest BCUT2D eigenvalue weighted by Gasteiger charge is 2.45. The number of pyridine rings is 1. The van der Waals surface area contributed by atoms with E-state index in [-0.39, 0.29) is 22.7 Å². The van der Waals surface area contributed by atoms with Gasteiger partial charge in [-0.05, 0) is 36.8 Å². The standard InChI is InChI=1S/C25H25ClF6N4O3/c1-23(2)5-7-35(8-6-23)18-11-19(37)36-12-13(24(27,28)29)9-16(21(36)34-18)20(25(30,31)32)33-17-4-3-14(26)10-15(17)22(38)39/h3,9-12,17,20,33H,4-8H2,1-2H3,(H,38,39). The van der Waals surface area contributed by atoms with Crippen molar-refractivity contribution in [2.45, 2.75) is 57.5 Å². The van der Waals surface area contributed by atoms with Crippen LogP contribution in [0.15, 0.2) is 45.9 Å². The van der Waals surface area contributed by atoms with Crippen LogP contribution in [-0.2, 0) is 11.0 Å². The second-order valence-electron chi connectivity index (χ2n) is 10.4. The number of fused-ring (bicyclic) bond motifs is 1. The van der Waals surface area contributed by atoms with Gasteiger partial charge in [0, 0.05) is 42.0 Å². The SMILES string of the molecule is CC1(C)CCN(c2cc(=O)n3cc(C(F)(F)F)cc(C(NC4CC=C(Cl)C=C4C(=O)O)C(F)(F)F)c3n2)CC1. The Hall–Kier alpha value is -3.06. The molecular formula is C25H25ClF6N4O3. The molecule has 0 bridgehead atoms. The van der Waals surface area contributed by atoms with E-state index in [0.717, 1.165) is 12.1 Å². The van der Waals surface area contributed by atoms with E-state index in [1.54, 1.807) is 4.90 Å². The highest BCUT2D eigenvalue weighted by Crippen LogP contribution is 2.40. The van der Waals surface area contributed by atoms with E-state index in [9.17, 15) is 41.0 Å². The third kappa shape index (κ3) is 6.24. The fourth-order valence-corrected chi connectivity index (χ4v) is 4.89. The van der Waals surface area contributed by atoms with Gasteiger partial charge in [0.25, 0.3) is 5.56 Å². The van der Waals surface area contributed by atoms with Crippen molar-refractivity contribution < 1.29 is 36.2 Å². The van der Waals surface area contributed by atoms with E-state index >= 15 is 0 Å². The van der Waals surface area contributed by atoms with Crippen LogP contribution >= 0.6 is 11.6 Å². The molecule has 4 rings (SSSR count). The van der Waals surface area contributed by atoms with E-state index in [1.165, 1.54) is 6.08 Å². The Morgan fingerprint density at radius 1 is 1.18 bits per heavy atom. The number of anilines is 1. The van der Waals surface area contributed by atoms with E-state index in [0.29, 0.717) is 42.6 Å². The summed E-state index contributed by atoms with van der Waals surface area (Å²) < 4.78 is 85.1. The van der Waals surface area contributed by atoms with Gasteiger partial charge in [-0.25, -0.2) is 9.78 Å². The number of hydrogen-bond donors (Lipinski definition) is 2. The molecule has 39 heavy (non-hydrogen) atoms. The Morgan fingerprint density at radius 3 is 2.38 bits per heavy atom. The molecule has 2 atom stereocenters. The van der Waals surface area contributed by atoms with Crippen LogP contribution in [0.2, 0.25) is 0 Å². The Balaban J connectivity index is 1.89. The maximum absolute atomic E-state index is 14.5. The number of carboxylic acid groups (broad SMARTS) is 1. The number of alkyl halides is 6. The van der Waals surface area contributed by atoms with Crippen molar-refractivity contribution in [1.82, 2.24) is 14.7 Å². The molecule has 3 heterocycles. The van der Waals surface area contributed by atoms with Crippen molar-refractivity contribution in [3.05, 3.63) is 62.6 Å². The predicted octanol–water partition coefficient (Wildman–Crippen LogP) is 5.44. The molecule has 2 aromatic heterocycles. The number of aromatic nitrogens is 2. The molecule has 0 spiro atoms. The summed E-state index contributed by atoms with van der Waals surface area (Å²) in [5.41, 5.74) is -4.53. The monoisotopic (exact) mass is 578 g/mol. The van der Waals surface area contributed by atoms with Gasteiger partial charge in [-0.15, -0.1) is 0 Å². The molecule has 2 aromatic rings. The molecule has 1 fully saturated rings. The number of halogens is 7. The summed E-state index contributed by atoms with van der Waals surface area (Å²) in [6, 6.07) is -2.93. The fourth-order valence-electron chi connectivity index (χ4n) is 4.68. The van der Waals surface area contributed by atoms with Gasteiger partial charge in [0.2, 0.25) is 0 Å². The molecule has 2 unspecified atom stereocenters. The molecule has 1 aliphatic carbocycles. The summed E-state index contributed by atoms with van der Waals surface area (Å²) in [6.45, 7) is 5.01. The number of carbonyl (C=O) groups is 1. The molecule has 2 aliphatic rings. The number of aliphatic carboxylic acids is 1. The summed E-state index contributed by atoms with van der Waals surface area (Å²) in [6.07, 6.45) is -6.43. The molecule has 1 aliphatic heterocycles. The zero-order chi connectivity index (χ0) is 28.9. The second kappa shape index (κ2) is 10.2. The van der Waals surface area contributed by atoms with Crippen molar-refractivity contribution in [3.8, 4) is 0 Å². The highest BCUT2D eigenvalue weighted by molar-refractivity contribution is 6.31. The maximum Gasteiger partial charge on any atom is 0.417 e. The zero-order valence-corrected chi connectivity index (χ0v) is 21.6. The van der Waals surface area contributed by atoms with Gasteiger partial charge >= 0.3 is 18.3 Å². The average molecular weight is 579 g/mol. The third-order valence-electron chi connectivity index (χ3n) is 7.01. The summed E-state index contributed by atoms with van der Waals surface area (Å²) in [4.78, 5) is 30.6. The first-order valence-corrected chi connectivity index (χ1v) is 12.4. The van der Waals surface area contributed by atoms with Gasteiger partial charge in [-0.3, -0.25) is 14.5 Å². The average Bonchev–Trinajstić information content (AvgIpc) is 2.81. The topological polar surface area (TPSA) is 86.9 Å². The van der Waals surface area contributed by atoms with E-state index in [2.05, 4.69) is 24.1 Å². The Kier molecular flexibility index (Phi) is 7.54. The van der Waals surface area contributed by atoms with Gasteiger partial charge < -0.3 is 10.0 Å². The molecule has 212 valence electrons. The predicted molar refractivity (Wildman–Crippen MR) is 132 cm³/mol. The molecule has 0 radical (unpaired) electrons. The van der Waals surface area contributed by atoms with E-state index in [4.69, 9.17) is 11.6 Å². The van der Waals surface area contributed by atoms with Crippen molar-refractivity contribution in [2.75, 3.05) is 18.0 Å². The maximum atomic E-state index is 14.5. The Bertz CT molecular complexity index is 1400.